The zero-order valence-corrected chi connectivity index (χ0v) is 10.2. The van der Waals surface area contributed by atoms with Gasteiger partial charge in [-0.3, -0.25) is 9.79 Å². The predicted octanol–water partition coefficient (Wildman–Crippen LogP) is 1.63. The standard InChI is InChI=1S/C13H17N3O/c1-9-4-5-10(2)11(8-9)16-13(17)12-14-6-3-7-15-12/h4-5,8H,3,6-7H2,1-2H3,(H,14,15)(H,16,17). The number of carbonyl (C=O) groups excluding carboxylic acids is 1. The van der Waals surface area contributed by atoms with Crippen LogP contribution in [-0.4, -0.2) is 24.8 Å². The molecule has 1 amide bonds. The number of aryl methyl sites for hydroxylation is 2. The van der Waals surface area contributed by atoms with E-state index in [-0.39, 0.29) is 5.91 Å². The zero-order valence-electron chi connectivity index (χ0n) is 10.2. The van der Waals surface area contributed by atoms with Crippen LogP contribution in [0.5, 0.6) is 0 Å². The number of benzene rings is 1. The Labute approximate surface area is 101 Å². The van der Waals surface area contributed by atoms with Crippen LogP contribution in [0, 0.1) is 13.8 Å². The van der Waals surface area contributed by atoms with Crippen LogP contribution in [0.15, 0.2) is 23.2 Å². The van der Waals surface area contributed by atoms with E-state index in [1.807, 2.05) is 32.0 Å². The third-order valence-electron chi connectivity index (χ3n) is 2.75. The largest absolute Gasteiger partial charge is 0.366 e. The molecule has 0 unspecified atom stereocenters. The first-order valence-corrected chi connectivity index (χ1v) is 5.84. The highest BCUT2D eigenvalue weighted by Gasteiger charge is 2.14. The summed E-state index contributed by atoms with van der Waals surface area (Å²) in [5.74, 6) is 0.288. The van der Waals surface area contributed by atoms with Gasteiger partial charge in [0.1, 0.15) is 0 Å². The van der Waals surface area contributed by atoms with E-state index in [9.17, 15) is 4.79 Å². The highest BCUT2D eigenvalue weighted by atomic mass is 16.2. The van der Waals surface area contributed by atoms with E-state index in [4.69, 9.17) is 0 Å². The molecule has 1 aromatic rings. The molecule has 2 N–H and O–H groups in total. The van der Waals surface area contributed by atoms with Crippen molar-refractivity contribution in [3.05, 3.63) is 29.3 Å². The van der Waals surface area contributed by atoms with Gasteiger partial charge in [0.2, 0.25) is 0 Å². The fraction of sp³-hybridized carbons (Fsp3) is 0.385. The van der Waals surface area contributed by atoms with Crippen LogP contribution in [0.1, 0.15) is 17.5 Å². The molecule has 1 aliphatic rings. The normalized spacial score (nSPS) is 14.8. The number of aliphatic imine (C=N–C) groups is 1. The molecule has 17 heavy (non-hydrogen) atoms. The summed E-state index contributed by atoms with van der Waals surface area (Å²) in [6, 6.07) is 6.00. The minimum atomic E-state index is -0.154. The molecular weight excluding hydrogens is 214 g/mol. The first-order chi connectivity index (χ1) is 8.16. The summed E-state index contributed by atoms with van der Waals surface area (Å²) in [6.45, 7) is 5.53. The maximum atomic E-state index is 11.9. The Morgan fingerprint density at radius 3 is 2.94 bits per heavy atom. The molecule has 90 valence electrons. The second kappa shape index (κ2) is 4.99. The summed E-state index contributed by atoms with van der Waals surface area (Å²) < 4.78 is 0. The van der Waals surface area contributed by atoms with Crippen molar-refractivity contribution in [2.45, 2.75) is 20.3 Å². The van der Waals surface area contributed by atoms with Crippen LogP contribution >= 0.6 is 0 Å². The van der Waals surface area contributed by atoms with Gasteiger partial charge in [-0.25, -0.2) is 0 Å². The monoisotopic (exact) mass is 231 g/mol. The average Bonchev–Trinajstić information content (AvgIpc) is 2.35. The molecule has 0 spiro atoms. The van der Waals surface area contributed by atoms with Crippen molar-refractivity contribution in [1.29, 1.82) is 0 Å². The van der Waals surface area contributed by atoms with Gasteiger partial charge in [-0.1, -0.05) is 12.1 Å². The molecule has 0 bridgehead atoms. The Morgan fingerprint density at radius 1 is 1.41 bits per heavy atom. The van der Waals surface area contributed by atoms with Gasteiger partial charge in [0.15, 0.2) is 5.84 Å². The minimum absolute atomic E-state index is 0.154. The van der Waals surface area contributed by atoms with Crippen LogP contribution in [0.25, 0.3) is 0 Å². The van der Waals surface area contributed by atoms with Crippen molar-refractivity contribution in [1.82, 2.24) is 5.32 Å². The van der Waals surface area contributed by atoms with E-state index in [0.717, 1.165) is 36.3 Å². The molecule has 0 saturated carbocycles. The summed E-state index contributed by atoms with van der Waals surface area (Å²) in [4.78, 5) is 16.1. The first kappa shape index (κ1) is 11.6. The lowest BCUT2D eigenvalue weighted by molar-refractivity contribution is -0.110. The molecule has 1 aromatic carbocycles. The number of carbonyl (C=O) groups is 1. The number of anilines is 1. The van der Waals surface area contributed by atoms with Crippen molar-refractivity contribution in [2.75, 3.05) is 18.4 Å². The van der Waals surface area contributed by atoms with Crippen molar-refractivity contribution >= 4 is 17.4 Å². The third-order valence-corrected chi connectivity index (χ3v) is 2.75. The lowest BCUT2D eigenvalue weighted by Gasteiger charge is -2.15. The summed E-state index contributed by atoms with van der Waals surface area (Å²) in [5, 5.41) is 5.90. The van der Waals surface area contributed by atoms with Crippen LogP contribution in [-0.2, 0) is 4.79 Å². The van der Waals surface area contributed by atoms with E-state index in [0.29, 0.717) is 5.84 Å². The van der Waals surface area contributed by atoms with E-state index >= 15 is 0 Å². The molecule has 4 heteroatoms. The number of amides is 1. The predicted molar refractivity (Wildman–Crippen MR) is 69.5 cm³/mol. The van der Waals surface area contributed by atoms with Gasteiger partial charge >= 0.3 is 0 Å². The Balaban J connectivity index is 2.12. The van der Waals surface area contributed by atoms with Gasteiger partial charge in [0.25, 0.3) is 5.91 Å². The van der Waals surface area contributed by atoms with E-state index in [2.05, 4.69) is 15.6 Å². The smallest absolute Gasteiger partial charge is 0.290 e. The number of nitrogens with zero attached hydrogens (tertiary/aromatic N) is 1. The third kappa shape index (κ3) is 2.84. The van der Waals surface area contributed by atoms with Gasteiger partial charge in [-0.15, -0.1) is 0 Å². The SMILES string of the molecule is Cc1ccc(C)c(NC(=O)C2=NCCCN2)c1. The van der Waals surface area contributed by atoms with Crippen molar-refractivity contribution in [2.24, 2.45) is 4.99 Å². The van der Waals surface area contributed by atoms with Gasteiger partial charge in [-0.05, 0) is 37.5 Å². The maximum absolute atomic E-state index is 11.9. The van der Waals surface area contributed by atoms with Crippen molar-refractivity contribution < 1.29 is 4.79 Å². The van der Waals surface area contributed by atoms with Gasteiger partial charge in [0, 0.05) is 18.8 Å². The number of rotatable bonds is 2. The Hall–Kier alpha value is -1.84. The van der Waals surface area contributed by atoms with Crippen LogP contribution in [0.3, 0.4) is 0 Å². The van der Waals surface area contributed by atoms with Crippen molar-refractivity contribution in [3.8, 4) is 0 Å². The molecule has 0 atom stereocenters. The molecule has 0 radical (unpaired) electrons. The lowest BCUT2D eigenvalue weighted by atomic mass is 10.1. The van der Waals surface area contributed by atoms with Crippen molar-refractivity contribution in [3.63, 3.8) is 0 Å². The highest BCUT2D eigenvalue weighted by Crippen LogP contribution is 2.16. The Morgan fingerprint density at radius 2 is 2.24 bits per heavy atom. The van der Waals surface area contributed by atoms with Gasteiger partial charge < -0.3 is 10.6 Å². The maximum Gasteiger partial charge on any atom is 0.290 e. The number of amidine groups is 1. The molecule has 1 aliphatic heterocycles. The molecule has 4 nitrogen and oxygen atoms in total. The lowest BCUT2D eigenvalue weighted by Crippen LogP contribution is -2.39. The molecule has 1 heterocycles. The van der Waals surface area contributed by atoms with E-state index in [1.54, 1.807) is 0 Å². The topological polar surface area (TPSA) is 53.5 Å². The second-order valence-electron chi connectivity index (χ2n) is 4.28. The van der Waals surface area contributed by atoms with Gasteiger partial charge in [-0.2, -0.15) is 0 Å². The minimum Gasteiger partial charge on any atom is -0.366 e. The highest BCUT2D eigenvalue weighted by molar-refractivity contribution is 6.42. The van der Waals surface area contributed by atoms with E-state index < -0.39 is 0 Å². The van der Waals surface area contributed by atoms with Crippen LogP contribution in [0.4, 0.5) is 5.69 Å². The van der Waals surface area contributed by atoms with Crippen LogP contribution in [0.2, 0.25) is 0 Å². The quantitative estimate of drug-likeness (QED) is 0.813. The summed E-state index contributed by atoms with van der Waals surface area (Å²) in [7, 11) is 0. The molecule has 0 aliphatic carbocycles. The number of hydrogen-bond donors (Lipinski definition) is 2. The Kier molecular flexibility index (Phi) is 3.42. The molecule has 2 rings (SSSR count). The fourth-order valence-corrected chi connectivity index (χ4v) is 1.74. The van der Waals surface area contributed by atoms with Gasteiger partial charge in [0.05, 0.1) is 0 Å². The summed E-state index contributed by atoms with van der Waals surface area (Å²) in [6.07, 6.45) is 0.986. The molecule has 0 fully saturated rings. The summed E-state index contributed by atoms with van der Waals surface area (Å²) >= 11 is 0. The Bertz CT molecular complexity index is 466. The first-order valence-electron chi connectivity index (χ1n) is 5.84. The fourth-order valence-electron chi connectivity index (χ4n) is 1.74. The second-order valence-corrected chi connectivity index (χ2v) is 4.28. The number of hydrogen-bond acceptors (Lipinski definition) is 3. The zero-order chi connectivity index (χ0) is 12.3. The number of nitrogens with one attached hydrogen (secondary N) is 2. The molecule has 0 saturated heterocycles. The average molecular weight is 231 g/mol. The summed E-state index contributed by atoms with van der Waals surface area (Å²) in [5.41, 5.74) is 3.04. The molecule has 0 aromatic heterocycles. The van der Waals surface area contributed by atoms with E-state index in [1.165, 1.54) is 0 Å². The molecular formula is C13H17N3O. The van der Waals surface area contributed by atoms with Crippen LogP contribution < -0.4 is 10.6 Å².